The Bertz CT molecular complexity index is 684. The smallest absolute Gasteiger partial charge is 0.270 e. The number of hydrogen-bond donors (Lipinski definition) is 1. The van der Waals surface area contributed by atoms with Crippen molar-refractivity contribution < 1.29 is 4.92 Å². The average Bonchev–Trinajstić information content (AvgIpc) is 2.93. The molecule has 2 N–H and O–H groups in total. The van der Waals surface area contributed by atoms with Gasteiger partial charge < -0.3 is 5.73 Å². The highest BCUT2D eigenvalue weighted by atomic mass is 32.1. The maximum Gasteiger partial charge on any atom is 0.270 e. The Labute approximate surface area is 113 Å². The van der Waals surface area contributed by atoms with Crippen LogP contribution in [0.4, 0.5) is 5.69 Å². The van der Waals surface area contributed by atoms with E-state index in [-0.39, 0.29) is 11.4 Å². The summed E-state index contributed by atoms with van der Waals surface area (Å²) in [6.07, 6.45) is 0. The fourth-order valence-electron chi connectivity index (χ4n) is 1.60. The van der Waals surface area contributed by atoms with E-state index in [0.29, 0.717) is 11.1 Å². The number of benzene rings is 1. The van der Waals surface area contributed by atoms with E-state index in [4.69, 9.17) is 5.73 Å². The third kappa shape index (κ3) is 2.61. The number of allylic oxidation sites excluding steroid dienone is 1. The van der Waals surface area contributed by atoms with Crippen molar-refractivity contribution in [2.45, 2.75) is 0 Å². The standard InChI is InChI=1S/C13H9N3O2S/c14-8-11(12-5-2-6-19-12)13(15)9-3-1-4-10(7-9)16(17)18/h1-7H,15H2/b13-11-. The van der Waals surface area contributed by atoms with Gasteiger partial charge in [-0.05, 0) is 11.4 Å². The molecule has 6 heteroatoms. The summed E-state index contributed by atoms with van der Waals surface area (Å²) in [6.45, 7) is 0. The number of nitro groups is 1. The van der Waals surface area contributed by atoms with E-state index in [1.54, 1.807) is 18.2 Å². The molecule has 0 aliphatic carbocycles. The molecule has 0 amide bonds. The van der Waals surface area contributed by atoms with Crippen LogP contribution in [0.2, 0.25) is 0 Å². The molecule has 0 aliphatic rings. The van der Waals surface area contributed by atoms with Crippen LogP contribution < -0.4 is 5.73 Å². The van der Waals surface area contributed by atoms with Crippen molar-refractivity contribution in [2.75, 3.05) is 0 Å². The van der Waals surface area contributed by atoms with E-state index in [2.05, 4.69) is 0 Å². The molecule has 0 unspecified atom stereocenters. The zero-order valence-electron chi connectivity index (χ0n) is 9.74. The highest BCUT2D eigenvalue weighted by molar-refractivity contribution is 7.11. The van der Waals surface area contributed by atoms with Crippen molar-refractivity contribution in [3.05, 3.63) is 62.3 Å². The number of nitrogens with two attached hydrogens (primary N) is 1. The van der Waals surface area contributed by atoms with Gasteiger partial charge in [-0.3, -0.25) is 10.1 Å². The summed E-state index contributed by atoms with van der Waals surface area (Å²) < 4.78 is 0. The first-order valence-corrected chi connectivity index (χ1v) is 6.20. The molecule has 0 bridgehead atoms. The second-order valence-electron chi connectivity index (χ2n) is 3.69. The van der Waals surface area contributed by atoms with E-state index in [1.165, 1.54) is 23.5 Å². The monoisotopic (exact) mass is 271 g/mol. The zero-order chi connectivity index (χ0) is 13.8. The number of hydrogen-bond acceptors (Lipinski definition) is 5. The Morgan fingerprint density at radius 2 is 2.16 bits per heavy atom. The lowest BCUT2D eigenvalue weighted by Crippen LogP contribution is -2.00. The van der Waals surface area contributed by atoms with Gasteiger partial charge in [0.25, 0.3) is 5.69 Å². The molecule has 1 aromatic heterocycles. The molecule has 0 aliphatic heterocycles. The van der Waals surface area contributed by atoms with Gasteiger partial charge in [0.2, 0.25) is 0 Å². The molecule has 94 valence electrons. The molecule has 0 saturated carbocycles. The minimum Gasteiger partial charge on any atom is -0.397 e. The molecule has 0 fully saturated rings. The summed E-state index contributed by atoms with van der Waals surface area (Å²) in [5.41, 5.74) is 6.94. The van der Waals surface area contributed by atoms with Gasteiger partial charge in [-0.1, -0.05) is 18.2 Å². The number of nitro benzene ring substituents is 1. The van der Waals surface area contributed by atoms with Crippen LogP contribution in [-0.2, 0) is 0 Å². The first-order valence-electron chi connectivity index (χ1n) is 5.32. The summed E-state index contributed by atoms with van der Waals surface area (Å²) in [4.78, 5) is 11.0. The SMILES string of the molecule is N#C/C(=C(/N)c1cccc([N+](=O)[O-])c1)c1cccs1. The van der Waals surface area contributed by atoms with Crippen LogP contribution in [0.15, 0.2) is 41.8 Å². The summed E-state index contributed by atoms with van der Waals surface area (Å²) >= 11 is 1.39. The number of thiophene rings is 1. The van der Waals surface area contributed by atoms with Crippen molar-refractivity contribution in [1.82, 2.24) is 0 Å². The molecular formula is C13H9N3O2S. The van der Waals surface area contributed by atoms with E-state index in [1.807, 2.05) is 17.5 Å². The lowest BCUT2D eigenvalue weighted by Gasteiger charge is -2.04. The second-order valence-corrected chi connectivity index (χ2v) is 4.63. The molecule has 1 heterocycles. The molecule has 0 atom stereocenters. The van der Waals surface area contributed by atoms with Crippen molar-refractivity contribution in [3.8, 4) is 6.07 Å². The highest BCUT2D eigenvalue weighted by Gasteiger charge is 2.12. The summed E-state index contributed by atoms with van der Waals surface area (Å²) in [5, 5.41) is 21.8. The molecule has 0 saturated heterocycles. The van der Waals surface area contributed by atoms with Crippen LogP contribution in [0.3, 0.4) is 0 Å². The van der Waals surface area contributed by atoms with Crippen LogP contribution >= 0.6 is 11.3 Å². The zero-order valence-corrected chi connectivity index (χ0v) is 10.6. The minimum absolute atomic E-state index is 0.0519. The third-order valence-electron chi connectivity index (χ3n) is 2.52. The summed E-state index contributed by atoms with van der Waals surface area (Å²) in [7, 11) is 0. The second kappa shape index (κ2) is 5.33. The van der Waals surface area contributed by atoms with Crippen molar-refractivity contribution in [1.29, 1.82) is 5.26 Å². The van der Waals surface area contributed by atoms with Crippen LogP contribution in [-0.4, -0.2) is 4.92 Å². The Morgan fingerprint density at radius 3 is 2.74 bits per heavy atom. The van der Waals surface area contributed by atoms with Gasteiger partial charge in [0.05, 0.1) is 16.2 Å². The summed E-state index contributed by atoms with van der Waals surface area (Å²) in [5.74, 6) is 0. The van der Waals surface area contributed by atoms with Gasteiger partial charge in [0.1, 0.15) is 6.07 Å². The van der Waals surface area contributed by atoms with Crippen LogP contribution in [0, 0.1) is 21.4 Å². The quantitative estimate of drug-likeness (QED) is 0.527. The topological polar surface area (TPSA) is 93.0 Å². The maximum atomic E-state index is 10.7. The molecule has 1 aromatic carbocycles. The number of nitriles is 1. The number of nitrogens with zero attached hydrogens (tertiary/aromatic N) is 2. The van der Waals surface area contributed by atoms with Gasteiger partial charge >= 0.3 is 0 Å². The van der Waals surface area contributed by atoms with E-state index >= 15 is 0 Å². The predicted octanol–water partition coefficient (Wildman–Crippen LogP) is 3.01. The largest absolute Gasteiger partial charge is 0.397 e. The van der Waals surface area contributed by atoms with Gasteiger partial charge in [-0.25, -0.2) is 0 Å². The molecule has 5 nitrogen and oxygen atoms in total. The Kier molecular flexibility index (Phi) is 3.59. The predicted molar refractivity (Wildman–Crippen MR) is 74.0 cm³/mol. The normalized spacial score (nSPS) is 11.5. The molecule has 19 heavy (non-hydrogen) atoms. The first-order chi connectivity index (χ1) is 9.13. The fraction of sp³-hybridized carbons (Fsp3) is 0. The Hall–Kier alpha value is -2.65. The van der Waals surface area contributed by atoms with Crippen molar-refractivity contribution in [2.24, 2.45) is 5.73 Å². The lowest BCUT2D eigenvalue weighted by molar-refractivity contribution is -0.384. The fourth-order valence-corrected chi connectivity index (χ4v) is 2.33. The van der Waals surface area contributed by atoms with Gasteiger partial charge in [0, 0.05) is 22.6 Å². The lowest BCUT2D eigenvalue weighted by atomic mass is 10.1. The number of rotatable bonds is 3. The third-order valence-corrected chi connectivity index (χ3v) is 3.40. The molecule has 0 spiro atoms. The Balaban J connectivity index is 2.54. The van der Waals surface area contributed by atoms with Gasteiger partial charge in [-0.2, -0.15) is 5.26 Å². The van der Waals surface area contributed by atoms with Crippen molar-refractivity contribution >= 4 is 28.3 Å². The van der Waals surface area contributed by atoms with Crippen LogP contribution in [0.1, 0.15) is 10.4 Å². The first kappa shape index (κ1) is 12.8. The molecule has 0 radical (unpaired) electrons. The van der Waals surface area contributed by atoms with E-state index in [9.17, 15) is 15.4 Å². The Morgan fingerprint density at radius 1 is 1.37 bits per heavy atom. The van der Waals surface area contributed by atoms with Crippen LogP contribution in [0.5, 0.6) is 0 Å². The molecular weight excluding hydrogens is 262 g/mol. The maximum absolute atomic E-state index is 10.7. The van der Waals surface area contributed by atoms with E-state index in [0.717, 1.165) is 4.88 Å². The molecule has 2 rings (SSSR count). The minimum atomic E-state index is -0.492. The van der Waals surface area contributed by atoms with E-state index < -0.39 is 4.92 Å². The molecule has 2 aromatic rings. The highest BCUT2D eigenvalue weighted by Crippen LogP contribution is 2.27. The van der Waals surface area contributed by atoms with Gasteiger partial charge in [0.15, 0.2) is 0 Å². The number of non-ortho nitro benzene ring substituents is 1. The van der Waals surface area contributed by atoms with Crippen LogP contribution in [0.25, 0.3) is 11.3 Å². The summed E-state index contributed by atoms with van der Waals surface area (Å²) in [6, 6.07) is 11.6. The average molecular weight is 271 g/mol. The van der Waals surface area contributed by atoms with Gasteiger partial charge in [-0.15, -0.1) is 11.3 Å². The van der Waals surface area contributed by atoms with Crippen molar-refractivity contribution in [3.63, 3.8) is 0 Å².